The molecule has 5 heteroatoms. The first-order valence-electron chi connectivity index (χ1n) is 8.52. The Hall–Kier alpha value is -2.11. The number of imide groups is 1. The summed E-state index contributed by atoms with van der Waals surface area (Å²) in [5.41, 5.74) is 1.04. The van der Waals surface area contributed by atoms with Crippen molar-refractivity contribution in [2.75, 3.05) is 12.3 Å². The molecule has 0 aliphatic carbocycles. The van der Waals surface area contributed by atoms with Gasteiger partial charge in [0.25, 0.3) is 11.8 Å². The zero-order valence-corrected chi connectivity index (χ0v) is 14.6. The Morgan fingerprint density at radius 2 is 1.52 bits per heavy atom. The van der Waals surface area contributed by atoms with E-state index >= 15 is 0 Å². The van der Waals surface area contributed by atoms with Gasteiger partial charge in [0.15, 0.2) is 0 Å². The van der Waals surface area contributed by atoms with Gasteiger partial charge in [0, 0.05) is 17.2 Å². The van der Waals surface area contributed by atoms with Crippen LogP contribution in [0.25, 0.3) is 0 Å². The lowest BCUT2D eigenvalue weighted by atomic mass is 10.1. The van der Waals surface area contributed by atoms with E-state index in [2.05, 4.69) is 12.1 Å². The first-order valence-corrected chi connectivity index (χ1v) is 9.51. The third-order valence-corrected chi connectivity index (χ3v) is 5.69. The topological polar surface area (TPSA) is 49.9 Å². The van der Waals surface area contributed by atoms with E-state index < -0.39 is 0 Å². The molecule has 2 aromatic rings. The van der Waals surface area contributed by atoms with Gasteiger partial charge in [-0.1, -0.05) is 30.3 Å². The number of rotatable bonds is 7. The summed E-state index contributed by atoms with van der Waals surface area (Å²) in [5, 5.41) is 0. The van der Waals surface area contributed by atoms with E-state index in [4.69, 9.17) is 4.74 Å². The average molecular weight is 353 g/mol. The Balaban J connectivity index is 1.21. The molecule has 1 fully saturated rings. The van der Waals surface area contributed by atoms with Crippen LogP contribution < -0.4 is 0 Å². The van der Waals surface area contributed by atoms with Gasteiger partial charge in [-0.2, -0.15) is 0 Å². The van der Waals surface area contributed by atoms with Crippen LogP contribution in [0.1, 0.15) is 33.6 Å². The minimum Gasteiger partial charge on any atom is -0.369 e. The van der Waals surface area contributed by atoms with E-state index in [1.54, 1.807) is 36.0 Å². The summed E-state index contributed by atoms with van der Waals surface area (Å²) in [5.74, 6) is 0.601. The highest BCUT2D eigenvalue weighted by Gasteiger charge is 2.39. The molecule has 0 spiro atoms. The number of carbonyl (C=O) groups excluding carboxylic acids is 2. The van der Waals surface area contributed by atoms with E-state index in [9.17, 15) is 9.59 Å². The average Bonchev–Trinajstić information content (AvgIpc) is 3.36. The van der Waals surface area contributed by atoms with E-state index in [0.717, 1.165) is 18.6 Å². The van der Waals surface area contributed by atoms with Crippen LogP contribution >= 0.6 is 11.8 Å². The third kappa shape index (κ3) is 3.48. The van der Waals surface area contributed by atoms with Crippen molar-refractivity contribution >= 4 is 23.6 Å². The molecule has 25 heavy (non-hydrogen) atoms. The zero-order valence-electron chi connectivity index (χ0n) is 13.8. The van der Waals surface area contributed by atoms with E-state index in [1.807, 2.05) is 18.2 Å². The van der Waals surface area contributed by atoms with Gasteiger partial charge in [0.05, 0.1) is 23.3 Å². The monoisotopic (exact) mass is 353 g/mol. The number of epoxide rings is 1. The van der Waals surface area contributed by atoms with Crippen LogP contribution in [0.3, 0.4) is 0 Å². The SMILES string of the molecule is O=C1c2ccccc2C(=O)N1CCC[C@@H]1O[C@H]1CSc1ccccc1. The second-order valence-electron chi connectivity index (χ2n) is 6.29. The maximum Gasteiger partial charge on any atom is 0.261 e. The molecule has 2 heterocycles. The Morgan fingerprint density at radius 3 is 2.20 bits per heavy atom. The van der Waals surface area contributed by atoms with Gasteiger partial charge in [-0.25, -0.2) is 0 Å². The first-order chi connectivity index (χ1) is 12.2. The minimum atomic E-state index is -0.173. The number of benzene rings is 2. The van der Waals surface area contributed by atoms with E-state index in [0.29, 0.717) is 17.7 Å². The molecule has 2 amide bonds. The van der Waals surface area contributed by atoms with Crippen LogP contribution in [0.15, 0.2) is 59.5 Å². The smallest absolute Gasteiger partial charge is 0.261 e. The Bertz CT molecular complexity index is 758. The molecule has 0 bridgehead atoms. The minimum absolute atomic E-state index is 0.173. The molecule has 0 saturated carbocycles. The molecule has 0 radical (unpaired) electrons. The molecule has 1 saturated heterocycles. The quantitative estimate of drug-likeness (QED) is 0.433. The van der Waals surface area contributed by atoms with Gasteiger partial charge >= 0.3 is 0 Å². The van der Waals surface area contributed by atoms with Crippen LogP contribution in [0, 0.1) is 0 Å². The molecule has 2 atom stereocenters. The van der Waals surface area contributed by atoms with Crippen molar-refractivity contribution in [1.29, 1.82) is 0 Å². The highest BCUT2D eigenvalue weighted by Crippen LogP contribution is 2.32. The van der Waals surface area contributed by atoms with Crippen molar-refractivity contribution in [3.63, 3.8) is 0 Å². The number of amides is 2. The van der Waals surface area contributed by atoms with Gasteiger partial charge in [0.1, 0.15) is 0 Å². The number of hydrogen-bond donors (Lipinski definition) is 0. The molecule has 2 aliphatic heterocycles. The summed E-state index contributed by atoms with van der Waals surface area (Å²) in [4.78, 5) is 27.2. The molecule has 2 aromatic carbocycles. The lowest BCUT2D eigenvalue weighted by Gasteiger charge is -2.12. The fraction of sp³-hybridized carbons (Fsp3) is 0.300. The summed E-state index contributed by atoms with van der Waals surface area (Å²) in [7, 11) is 0. The molecule has 4 rings (SSSR count). The van der Waals surface area contributed by atoms with E-state index in [-0.39, 0.29) is 24.0 Å². The zero-order chi connectivity index (χ0) is 17.2. The normalized spacial score (nSPS) is 21.5. The molecule has 0 N–H and O–H groups in total. The van der Waals surface area contributed by atoms with Crippen LogP contribution in [0.4, 0.5) is 0 Å². The fourth-order valence-electron chi connectivity index (χ4n) is 3.17. The lowest BCUT2D eigenvalue weighted by molar-refractivity contribution is 0.0650. The summed E-state index contributed by atoms with van der Waals surface area (Å²) < 4.78 is 5.71. The molecular weight excluding hydrogens is 334 g/mol. The molecule has 2 aliphatic rings. The van der Waals surface area contributed by atoms with E-state index in [1.165, 1.54) is 9.80 Å². The Labute approximate surface area is 151 Å². The summed E-state index contributed by atoms with van der Waals surface area (Å²) in [6.07, 6.45) is 2.20. The first kappa shape index (κ1) is 16.4. The van der Waals surface area contributed by atoms with Crippen LogP contribution in [-0.2, 0) is 4.74 Å². The van der Waals surface area contributed by atoms with Crippen molar-refractivity contribution in [2.45, 2.75) is 29.9 Å². The van der Waals surface area contributed by atoms with Gasteiger partial charge in [0.2, 0.25) is 0 Å². The van der Waals surface area contributed by atoms with Gasteiger partial charge in [-0.05, 0) is 37.1 Å². The van der Waals surface area contributed by atoms with Crippen LogP contribution in [0.5, 0.6) is 0 Å². The number of carbonyl (C=O) groups is 2. The van der Waals surface area contributed by atoms with Crippen LogP contribution in [-0.4, -0.2) is 41.2 Å². The molecule has 4 nitrogen and oxygen atoms in total. The predicted molar refractivity (Wildman–Crippen MR) is 96.9 cm³/mol. The summed E-state index contributed by atoms with van der Waals surface area (Å²) in [6.45, 7) is 0.463. The number of thioether (sulfide) groups is 1. The Kier molecular flexibility index (Phi) is 4.59. The standard InChI is InChI=1S/C20H19NO3S/c22-19-15-9-4-5-10-16(15)20(23)21(19)12-6-11-17-18(24-17)13-25-14-7-2-1-3-8-14/h1-5,7-10,17-18H,6,11-13H2/t17-,18-/m0/s1. The van der Waals surface area contributed by atoms with Gasteiger partial charge in [-0.3, -0.25) is 14.5 Å². The molecular formula is C20H19NO3S. The lowest BCUT2D eigenvalue weighted by Crippen LogP contribution is -2.30. The Morgan fingerprint density at radius 1 is 0.880 bits per heavy atom. The summed E-state index contributed by atoms with van der Waals surface area (Å²) in [6, 6.07) is 17.3. The van der Waals surface area contributed by atoms with Crippen molar-refractivity contribution in [2.24, 2.45) is 0 Å². The second-order valence-corrected chi connectivity index (χ2v) is 7.38. The van der Waals surface area contributed by atoms with Crippen LogP contribution in [0.2, 0.25) is 0 Å². The number of fused-ring (bicyclic) bond motifs is 1. The van der Waals surface area contributed by atoms with Crippen molar-refractivity contribution in [3.8, 4) is 0 Å². The molecule has 128 valence electrons. The third-order valence-electron chi connectivity index (χ3n) is 4.59. The van der Waals surface area contributed by atoms with Crippen molar-refractivity contribution in [3.05, 3.63) is 65.7 Å². The predicted octanol–water partition coefficient (Wildman–Crippen LogP) is 3.62. The maximum absolute atomic E-state index is 12.3. The highest BCUT2D eigenvalue weighted by atomic mass is 32.2. The summed E-state index contributed by atoms with van der Waals surface area (Å²) >= 11 is 1.80. The number of ether oxygens (including phenoxy) is 1. The van der Waals surface area contributed by atoms with Gasteiger partial charge < -0.3 is 4.74 Å². The molecule has 0 aromatic heterocycles. The largest absolute Gasteiger partial charge is 0.369 e. The maximum atomic E-state index is 12.3. The fourth-order valence-corrected chi connectivity index (χ4v) is 4.17. The van der Waals surface area contributed by atoms with Crippen molar-refractivity contribution in [1.82, 2.24) is 4.90 Å². The highest BCUT2D eigenvalue weighted by molar-refractivity contribution is 7.99. The van der Waals surface area contributed by atoms with Gasteiger partial charge in [-0.15, -0.1) is 11.8 Å². The molecule has 0 unspecified atom stereocenters. The van der Waals surface area contributed by atoms with Crippen molar-refractivity contribution < 1.29 is 14.3 Å². The second kappa shape index (κ2) is 7.02. The number of hydrogen-bond acceptors (Lipinski definition) is 4. The number of nitrogens with zero attached hydrogens (tertiary/aromatic N) is 1.